The van der Waals surface area contributed by atoms with E-state index in [0.717, 1.165) is 0 Å². The zero-order chi connectivity index (χ0) is 23.5. The number of furan rings is 1. The van der Waals surface area contributed by atoms with Crippen LogP contribution in [0.5, 0.6) is 0 Å². The molecule has 0 aliphatic carbocycles. The number of rotatable bonds is 5. The molecule has 172 valence electrons. The SMILES string of the molecule is Cc1onc(-c2c(F)cccc2Cl)c1C(=O)OCC(=O)N1CCN(C(=O)c2ccco2)CC1. The fraction of sp³-hybridized carbons (Fsp3) is 0.273. The van der Waals surface area contributed by atoms with Gasteiger partial charge in [0.1, 0.15) is 22.8 Å². The first-order chi connectivity index (χ1) is 15.9. The number of aromatic nitrogens is 1. The molecule has 33 heavy (non-hydrogen) atoms. The van der Waals surface area contributed by atoms with Gasteiger partial charge in [-0.3, -0.25) is 9.59 Å². The van der Waals surface area contributed by atoms with Crippen LogP contribution < -0.4 is 0 Å². The van der Waals surface area contributed by atoms with Crippen molar-refractivity contribution in [3.05, 3.63) is 64.5 Å². The second-order valence-corrected chi connectivity index (χ2v) is 7.69. The van der Waals surface area contributed by atoms with Crippen LogP contribution in [0.25, 0.3) is 11.3 Å². The molecule has 0 atom stereocenters. The van der Waals surface area contributed by atoms with Crippen molar-refractivity contribution in [2.45, 2.75) is 6.92 Å². The van der Waals surface area contributed by atoms with Crippen molar-refractivity contribution in [1.29, 1.82) is 0 Å². The van der Waals surface area contributed by atoms with E-state index in [0.29, 0.717) is 13.1 Å². The molecule has 11 heteroatoms. The molecule has 1 aromatic carbocycles. The van der Waals surface area contributed by atoms with E-state index in [-0.39, 0.29) is 52.4 Å². The first-order valence-electron chi connectivity index (χ1n) is 10.0. The molecule has 0 N–H and O–H groups in total. The van der Waals surface area contributed by atoms with Crippen LogP contribution in [0, 0.1) is 12.7 Å². The van der Waals surface area contributed by atoms with Gasteiger partial charge in [-0.15, -0.1) is 0 Å². The van der Waals surface area contributed by atoms with Crippen molar-refractivity contribution in [2.75, 3.05) is 32.8 Å². The lowest BCUT2D eigenvalue weighted by Gasteiger charge is -2.34. The van der Waals surface area contributed by atoms with E-state index >= 15 is 0 Å². The van der Waals surface area contributed by atoms with Gasteiger partial charge in [0.25, 0.3) is 11.8 Å². The van der Waals surface area contributed by atoms with Crippen molar-refractivity contribution in [3.63, 3.8) is 0 Å². The summed E-state index contributed by atoms with van der Waals surface area (Å²) in [5, 5.41) is 3.80. The summed E-state index contributed by atoms with van der Waals surface area (Å²) in [6.07, 6.45) is 1.42. The number of halogens is 2. The summed E-state index contributed by atoms with van der Waals surface area (Å²) in [4.78, 5) is 40.6. The molecule has 1 aliphatic heterocycles. The van der Waals surface area contributed by atoms with E-state index in [1.807, 2.05) is 0 Å². The molecule has 1 aliphatic rings. The molecule has 1 saturated heterocycles. The molecule has 0 saturated carbocycles. The number of piperazine rings is 1. The Morgan fingerprint density at radius 2 is 1.85 bits per heavy atom. The molecule has 0 radical (unpaired) electrons. The molecule has 0 spiro atoms. The smallest absolute Gasteiger partial charge is 0.344 e. The highest BCUT2D eigenvalue weighted by Gasteiger charge is 2.29. The number of benzene rings is 1. The summed E-state index contributed by atoms with van der Waals surface area (Å²) >= 11 is 6.08. The summed E-state index contributed by atoms with van der Waals surface area (Å²) in [5.74, 6) is -1.90. The number of carbonyl (C=O) groups is 3. The van der Waals surface area contributed by atoms with E-state index < -0.39 is 24.3 Å². The summed E-state index contributed by atoms with van der Waals surface area (Å²) in [6.45, 7) is 2.15. The van der Waals surface area contributed by atoms with Crippen LogP contribution in [0.15, 0.2) is 45.5 Å². The van der Waals surface area contributed by atoms with Gasteiger partial charge < -0.3 is 23.5 Å². The Morgan fingerprint density at radius 3 is 2.52 bits per heavy atom. The third-order valence-corrected chi connectivity index (χ3v) is 5.56. The van der Waals surface area contributed by atoms with Crippen molar-refractivity contribution in [1.82, 2.24) is 15.0 Å². The minimum absolute atomic E-state index is 0.0513. The zero-order valence-electron chi connectivity index (χ0n) is 17.5. The standard InChI is InChI=1S/C22H19ClFN3O6/c1-13-18(20(25-33-13)19-14(23)4-2-5-15(19)24)22(30)32-12-17(28)26-7-9-27(10-8-26)21(29)16-6-3-11-31-16/h2-6,11H,7-10,12H2,1H3. The molecule has 0 bridgehead atoms. The van der Waals surface area contributed by atoms with Gasteiger partial charge in [-0.1, -0.05) is 22.8 Å². The zero-order valence-corrected chi connectivity index (χ0v) is 18.3. The van der Waals surface area contributed by atoms with E-state index in [1.54, 1.807) is 17.0 Å². The molecule has 3 aromatic rings. The van der Waals surface area contributed by atoms with Crippen LogP contribution in [0.2, 0.25) is 5.02 Å². The van der Waals surface area contributed by atoms with Crippen LogP contribution in [0.4, 0.5) is 4.39 Å². The fourth-order valence-electron chi connectivity index (χ4n) is 3.51. The Labute approximate surface area is 192 Å². The quantitative estimate of drug-likeness (QED) is 0.522. The van der Waals surface area contributed by atoms with Crippen LogP contribution in [0.1, 0.15) is 26.7 Å². The van der Waals surface area contributed by atoms with E-state index in [9.17, 15) is 18.8 Å². The lowest BCUT2D eigenvalue weighted by atomic mass is 10.1. The van der Waals surface area contributed by atoms with Gasteiger partial charge in [-0.05, 0) is 31.2 Å². The number of hydrogen-bond donors (Lipinski definition) is 0. The van der Waals surface area contributed by atoms with Gasteiger partial charge in [0.2, 0.25) is 0 Å². The van der Waals surface area contributed by atoms with Crippen LogP contribution in [-0.2, 0) is 9.53 Å². The van der Waals surface area contributed by atoms with E-state index in [4.69, 9.17) is 25.3 Å². The summed E-state index contributed by atoms with van der Waals surface area (Å²) < 4.78 is 29.6. The third-order valence-electron chi connectivity index (χ3n) is 5.24. The van der Waals surface area contributed by atoms with Gasteiger partial charge in [-0.2, -0.15) is 0 Å². The normalized spacial score (nSPS) is 13.8. The molecular formula is C22H19ClFN3O6. The van der Waals surface area contributed by atoms with Gasteiger partial charge in [0, 0.05) is 26.2 Å². The lowest BCUT2D eigenvalue weighted by Crippen LogP contribution is -2.51. The Morgan fingerprint density at radius 1 is 1.12 bits per heavy atom. The second-order valence-electron chi connectivity index (χ2n) is 7.29. The van der Waals surface area contributed by atoms with Gasteiger partial charge >= 0.3 is 5.97 Å². The predicted octanol–water partition coefficient (Wildman–Crippen LogP) is 3.18. The molecule has 0 unspecified atom stereocenters. The van der Waals surface area contributed by atoms with Gasteiger partial charge in [0.05, 0.1) is 16.8 Å². The van der Waals surface area contributed by atoms with Crippen LogP contribution in [0.3, 0.4) is 0 Å². The summed E-state index contributed by atoms with van der Waals surface area (Å²) in [7, 11) is 0. The summed E-state index contributed by atoms with van der Waals surface area (Å²) in [5.41, 5.74) is -0.298. The van der Waals surface area contributed by atoms with Crippen molar-refractivity contribution in [2.24, 2.45) is 0 Å². The highest BCUT2D eigenvalue weighted by Crippen LogP contribution is 2.33. The highest BCUT2D eigenvalue weighted by atomic mass is 35.5. The molecule has 1 fully saturated rings. The molecular weight excluding hydrogens is 457 g/mol. The van der Waals surface area contributed by atoms with Crippen molar-refractivity contribution >= 4 is 29.4 Å². The Bertz CT molecular complexity index is 1160. The number of aryl methyl sites for hydroxylation is 1. The van der Waals surface area contributed by atoms with E-state index in [2.05, 4.69) is 5.16 Å². The first-order valence-corrected chi connectivity index (χ1v) is 10.4. The minimum Gasteiger partial charge on any atom is -0.459 e. The Kier molecular flexibility index (Phi) is 6.45. The monoisotopic (exact) mass is 475 g/mol. The number of esters is 1. The largest absolute Gasteiger partial charge is 0.459 e. The third kappa shape index (κ3) is 4.61. The maximum atomic E-state index is 14.3. The van der Waals surface area contributed by atoms with Crippen molar-refractivity contribution < 1.29 is 32.5 Å². The first kappa shape index (κ1) is 22.5. The number of nitrogens with zero attached hydrogens (tertiary/aromatic N) is 3. The number of ether oxygens (including phenoxy) is 1. The lowest BCUT2D eigenvalue weighted by molar-refractivity contribution is -0.136. The van der Waals surface area contributed by atoms with Crippen LogP contribution in [-0.4, -0.2) is 65.5 Å². The number of hydrogen-bond acceptors (Lipinski definition) is 7. The molecule has 3 heterocycles. The average molecular weight is 476 g/mol. The average Bonchev–Trinajstić information content (AvgIpc) is 3.47. The maximum Gasteiger partial charge on any atom is 0.344 e. The fourth-order valence-corrected chi connectivity index (χ4v) is 3.77. The Balaban J connectivity index is 1.37. The van der Waals surface area contributed by atoms with Crippen LogP contribution >= 0.6 is 11.6 Å². The minimum atomic E-state index is -0.886. The van der Waals surface area contributed by atoms with Gasteiger partial charge in [-0.25, -0.2) is 9.18 Å². The molecule has 2 amide bonds. The molecule has 9 nitrogen and oxygen atoms in total. The Hall–Kier alpha value is -3.66. The predicted molar refractivity (Wildman–Crippen MR) is 113 cm³/mol. The number of carbonyl (C=O) groups excluding carboxylic acids is 3. The van der Waals surface area contributed by atoms with Gasteiger partial charge in [0.15, 0.2) is 12.4 Å². The number of amides is 2. The molecule has 4 rings (SSSR count). The highest BCUT2D eigenvalue weighted by molar-refractivity contribution is 6.33. The second kappa shape index (κ2) is 9.45. The summed E-state index contributed by atoms with van der Waals surface area (Å²) in [6, 6.07) is 7.27. The maximum absolute atomic E-state index is 14.3. The topological polar surface area (TPSA) is 106 Å². The molecule has 2 aromatic heterocycles. The van der Waals surface area contributed by atoms with Crippen molar-refractivity contribution in [3.8, 4) is 11.3 Å². The van der Waals surface area contributed by atoms with E-state index in [1.165, 1.54) is 36.3 Å².